The van der Waals surface area contributed by atoms with E-state index in [0.29, 0.717) is 6.54 Å². The molecule has 3 rings (SSSR count). The van der Waals surface area contributed by atoms with Crippen LogP contribution >= 0.6 is 11.6 Å². The van der Waals surface area contributed by atoms with Gasteiger partial charge in [0.05, 0.1) is 5.52 Å². The van der Waals surface area contributed by atoms with Gasteiger partial charge in [0.15, 0.2) is 0 Å². The molecule has 0 atom stereocenters. The summed E-state index contributed by atoms with van der Waals surface area (Å²) in [4.78, 5) is 14.7. The zero-order valence-corrected chi connectivity index (χ0v) is 10.8. The maximum absolute atomic E-state index is 11.2. The minimum Gasteiger partial charge on any atom is -0.358 e. The first-order valence-corrected chi connectivity index (χ1v) is 6.77. The second kappa shape index (κ2) is 4.65. The van der Waals surface area contributed by atoms with E-state index in [9.17, 15) is 4.79 Å². The van der Waals surface area contributed by atoms with Crippen LogP contribution < -0.4 is 5.32 Å². The van der Waals surface area contributed by atoms with Crippen molar-refractivity contribution in [2.24, 2.45) is 0 Å². The maximum atomic E-state index is 11.2. The van der Waals surface area contributed by atoms with Crippen molar-refractivity contribution >= 4 is 28.4 Å². The monoisotopic (exact) mass is 262 g/mol. The van der Waals surface area contributed by atoms with Crippen LogP contribution in [0.5, 0.6) is 0 Å². The molecule has 1 aromatic heterocycles. The number of halogens is 1. The number of alkyl halides is 1. The van der Waals surface area contributed by atoms with Crippen LogP contribution in [0.25, 0.3) is 10.9 Å². The van der Waals surface area contributed by atoms with Crippen LogP contribution in [-0.4, -0.2) is 16.8 Å². The molecule has 0 spiro atoms. The van der Waals surface area contributed by atoms with Gasteiger partial charge in [-0.25, -0.2) is 0 Å². The Morgan fingerprint density at radius 2 is 2.28 bits per heavy atom. The van der Waals surface area contributed by atoms with Crippen LogP contribution in [0.3, 0.4) is 0 Å². The molecule has 3 nitrogen and oxygen atoms in total. The zero-order valence-electron chi connectivity index (χ0n) is 10.1. The number of aromatic nitrogens is 1. The highest BCUT2D eigenvalue weighted by Crippen LogP contribution is 2.31. The highest BCUT2D eigenvalue weighted by Gasteiger charge is 2.17. The quantitative estimate of drug-likeness (QED) is 0.821. The molecule has 4 heteroatoms. The molecule has 2 aromatic rings. The second-order valence-corrected chi connectivity index (χ2v) is 4.95. The number of hydrogen-bond acceptors (Lipinski definition) is 1. The average Bonchev–Trinajstić information content (AvgIpc) is 2.96. The Labute approximate surface area is 111 Å². The Balaban J connectivity index is 1.95. The lowest BCUT2D eigenvalue weighted by Crippen LogP contribution is -2.23. The topological polar surface area (TPSA) is 44.9 Å². The van der Waals surface area contributed by atoms with E-state index < -0.39 is 0 Å². The minimum atomic E-state index is -0.132. The van der Waals surface area contributed by atoms with Gasteiger partial charge in [-0.05, 0) is 30.4 Å². The summed E-state index contributed by atoms with van der Waals surface area (Å²) in [6.45, 7) is 0.530. The zero-order chi connectivity index (χ0) is 12.5. The standard InChI is InChI=1S/C14H15ClN2O/c15-7-13(18)16-8-9-3-1-5-11-10-4-2-6-12(10)17-14(9)11/h1,3,5,17H,2,4,6-8H2,(H,16,18). The predicted molar refractivity (Wildman–Crippen MR) is 72.9 cm³/mol. The van der Waals surface area contributed by atoms with Gasteiger partial charge in [0.25, 0.3) is 0 Å². The van der Waals surface area contributed by atoms with Gasteiger partial charge in [0, 0.05) is 17.6 Å². The molecular weight excluding hydrogens is 248 g/mol. The van der Waals surface area contributed by atoms with Crippen molar-refractivity contribution in [2.45, 2.75) is 25.8 Å². The number of aromatic amines is 1. The number of aryl methyl sites for hydroxylation is 2. The second-order valence-electron chi connectivity index (χ2n) is 4.69. The maximum Gasteiger partial charge on any atom is 0.235 e. The molecule has 0 radical (unpaired) electrons. The first-order chi connectivity index (χ1) is 8.79. The van der Waals surface area contributed by atoms with Gasteiger partial charge in [0.2, 0.25) is 5.91 Å². The number of carbonyl (C=O) groups excluding carboxylic acids is 1. The van der Waals surface area contributed by atoms with E-state index in [4.69, 9.17) is 11.6 Å². The number of rotatable bonds is 3. The summed E-state index contributed by atoms with van der Waals surface area (Å²) < 4.78 is 0. The van der Waals surface area contributed by atoms with E-state index in [1.807, 2.05) is 6.07 Å². The molecule has 18 heavy (non-hydrogen) atoms. The van der Waals surface area contributed by atoms with Gasteiger partial charge in [-0.1, -0.05) is 18.2 Å². The van der Waals surface area contributed by atoms with Gasteiger partial charge in [-0.2, -0.15) is 0 Å². The molecule has 1 aliphatic carbocycles. The highest BCUT2D eigenvalue weighted by molar-refractivity contribution is 6.27. The van der Waals surface area contributed by atoms with Gasteiger partial charge in [-0.15, -0.1) is 11.6 Å². The van der Waals surface area contributed by atoms with Gasteiger partial charge in [-0.3, -0.25) is 4.79 Å². The van der Waals surface area contributed by atoms with Crippen molar-refractivity contribution in [2.75, 3.05) is 5.88 Å². The molecule has 2 N–H and O–H groups in total. The fourth-order valence-electron chi connectivity index (χ4n) is 2.72. The summed E-state index contributed by atoms with van der Waals surface area (Å²) in [6.07, 6.45) is 3.54. The summed E-state index contributed by atoms with van der Waals surface area (Å²) >= 11 is 5.48. The lowest BCUT2D eigenvalue weighted by Gasteiger charge is -2.05. The lowest BCUT2D eigenvalue weighted by molar-refractivity contribution is -0.118. The van der Waals surface area contributed by atoms with Crippen molar-refractivity contribution in [1.82, 2.24) is 10.3 Å². The van der Waals surface area contributed by atoms with Gasteiger partial charge >= 0.3 is 0 Å². The van der Waals surface area contributed by atoms with Crippen LogP contribution in [0.2, 0.25) is 0 Å². The Hall–Kier alpha value is -1.48. The molecule has 1 amide bonds. The molecule has 0 aliphatic heterocycles. The normalized spacial score (nSPS) is 13.8. The van der Waals surface area contributed by atoms with Crippen LogP contribution in [-0.2, 0) is 24.2 Å². The van der Waals surface area contributed by atoms with E-state index in [1.54, 1.807) is 0 Å². The Morgan fingerprint density at radius 3 is 3.11 bits per heavy atom. The Bertz CT molecular complexity index is 603. The SMILES string of the molecule is O=C(CCl)NCc1cccc2c3c([nH]c12)CCC3. The third-order valence-corrected chi connectivity index (χ3v) is 3.81. The molecule has 0 saturated carbocycles. The minimum absolute atomic E-state index is 0.0111. The van der Waals surface area contributed by atoms with Crippen molar-refractivity contribution in [3.63, 3.8) is 0 Å². The molecule has 1 aromatic carbocycles. The van der Waals surface area contributed by atoms with Crippen LogP contribution in [0.15, 0.2) is 18.2 Å². The molecule has 0 unspecified atom stereocenters. The Morgan fingerprint density at radius 1 is 1.39 bits per heavy atom. The molecule has 94 valence electrons. The number of carbonyl (C=O) groups is 1. The largest absolute Gasteiger partial charge is 0.358 e. The highest BCUT2D eigenvalue weighted by atomic mass is 35.5. The summed E-state index contributed by atoms with van der Waals surface area (Å²) in [7, 11) is 0. The molecule has 1 heterocycles. The molecule has 0 fully saturated rings. The number of benzene rings is 1. The average molecular weight is 263 g/mol. The lowest BCUT2D eigenvalue weighted by atomic mass is 10.1. The van der Waals surface area contributed by atoms with Crippen molar-refractivity contribution in [3.8, 4) is 0 Å². The van der Waals surface area contributed by atoms with Gasteiger partial charge in [0.1, 0.15) is 5.88 Å². The fourth-order valence-corrected chi connectivity index (χ4v) is 2.81. The summed E-state index contributed by atoms with van der Waals surface area (Å²) in [6, 6.07) is 6.25. The predicted octanol–water partition coefficient (Wildman–Crippen LogP) is 2.51. The van der Waals surface area contributed by atoms with Gasteiger partial charge < -0.3 is 10.3 Å². The summed E-state index contributed by atoms with van der Waals surface area (Å²) in [5.74, 6) is -0.121. The fraction of sp³-hybridized carbons (Fsp3) is 0.357. The van der Waals surface area contributed by atoms with E-state index >= 15 is 0 Å². The number of H-pyrrole nitrogens is 1. The first kappa shape index (κ1) is 11.6. The van der Waals surface area contributed by atoms with E-state index in [1.165, 1.54) is 23.1 Å². The van der Waals surface area contributed by atoms with Crippen LogP contribution in [0.1, 0.15) is 23.2 Å². The number of hydrogen-bond donors (Lipinski definition) is 2. The smallest absolute Gasteiger partial charge is 0.235 e. The van der Waals surface area contributed by atoms with Crippen LogP contribution in [0, 0.1) is 0 Å². The molecular formula is C14H15ClN2O. The van der Waals surface area contributed by atoms with E-state index in [-0.39, 0.29) is 11.8 Å². The molecule has 1 aliphatic rings. The first-order valence-electron chi connectivity index (χ1n) is 6.23. The van der Waals surface area contributed by atoms with Crippen molar-refractivity contribution in [3.05, 3.63) is 35.0 Å². The third kappa shape index (κ3) is 1.89. The van der Waals surface area contributed by atoms with Crippen molar-refractivity contribution in [1.29, 1.82) is 0 Å². The number of amides is 1. The van der Waals surface area contributed by atoms with E-state index in [0.717, 1.165) is 23.9 Å². The number of nitrogens with one attached hydrogen (secondary N) is 2. The summed E-state index contributed by atoms with van der Waals surface area (Å²) in [5.41, 5.74) is 5.11. The van der Waals surface area contributed by atoms with E-state index in [2.05, 4.69) is 22.4 Å². The molecule has 0 bridgehead atoms. The number of fused-ring (bicyclic) bond motifs is 3. The number of para-hydroxylation sites is 1. The van der Waals surface area contributed by atoms with Crippen molar-refractivity contribution < 1.29 is 4.79 Å². The third-order valence-electron chi connectivity index (χ3n) is 3.57. The molecule has 0 saturated heterocycles. The Kier molecular flexibility index (Phi) is 3.00. The summed E-state index contributed by atoms with van der Waals surface area (Å²) in [5, 5.41) is 4.12. The van der Waals surface area contributed by atoms with Crippen LogP contribution in [0.4, 0.5) is 0 Å².